The predicted octanol–water partition coefficient (Wildman–Crippen LogP) is 4.70. The number of ether oxygens (including phenoxy) is 2. The number of hydrogen-bond acceptors (Lipinski definition) is 5. The Labute approximate surface area is 149 Å². The first-order chi connectivity index (χ1) is 12.7. The fourth-order valence-corrected chi connectivity index (χ4v) is 2.82. The van der Waals surface area contributed by atoms with Crippen molar-refractivity contribution in [3.8, 4) is 11.5 Å². The summed E-state index contributed by atoms with van der Waals surface area (Å²) in [6.45, 7) is 3.07. The average molecular weight is 350 g/mol. The fourth-order valence-electron chi connectivity index (χ4n) is 2.82. The van der Waals surface area contributed by atoms with Crippen molar-refractivity contribution in [3.05, 3.63) is 70.8 Å². The maximum absolute atomic E-state index is 11.5. The summed E-state index contributed by atoms with van der Waals surface area (Å²) in [4.78, 5) is 11.5. The standard InChI is InChI=1S/C21H18O5/c1-14-3-5-15(6-4-14)23-10-2-11-25-21-16-7-8-20(22)26-19(16)13-18-17(21)9-12-24-18/h3-9,12-13H,2,10-11H2,1H3. The molecule has 132 valence electrons. The topological polar surface area (TPSA) is 61.8 Å². The van der Waals surface area contributed by atoms with Crippen LogP contribution in [0.3, 0.4) is 0 Å². The molecule has 0 spiro atoms. The minimum Gasteiger partial charge on any atom is -0.493 e. The van der Waals surface area contributed by atoms with Gasteiger partial charge < -0.3 is 18.3 Å². The Morgan fingerprint density at radius 2 is 1.65 bits per heavy atom. The van der Waals surface area contributed by atoms with Crippen LogP contribution in [0.15, 0.2) is 68.4 Å². The van der Waals surface area contributed by atoms with Gasteiger partial charge in [0.25, 0.3) is 0 Å². The summed E-state index contributed by atoms with van der Waals surface area (Å²) in [6.07, 6.45) is 2.31. The molecule has 0 saturated carbocycles. The van der Waals surface area contributed by atoms with Crippen molar-refractivity contribution >= 4 is 21.9 Å². The van der Waals surface area contributed by atoms with Gasteiger partial charge in [0, 0.05) is 18.6 Å². The van der Waals surface area contributed by atoms with Gasteiger partial charge in [-0.2, -0.15) is 0 Å². The van der Waals surface area contributed by atoms with Crippen molar-refractivity contribution in [1.82, 2.24) is 0 Å². The molecule has 4 aromatic rings. The highest BCUT2D eigenvalue weighted by molar-refractivity contribution is 6.01. The summed E-state index contributed by atoms with van der Waals surface area (Å²) in [5.41, 5.74) is 1.87. The maximum Gasteiger partial charge on any atom is 0.336 e. The second kappa shape index (κ2) is 6.96. The second-order valence-electron chi connectivity index (χ2n) is 6.07. The van der Waals surface area contributed by atoms with Crippen LogP contribution in [0.25, 0.3) is 21.9 Å². The SMILES string of the molecule is Cc1ccc(OCCCOc2c3ccoc3cc3oc(=O)ccc23)cc1. The molecule has 2 aromatic carbocycles. The van der Waals surface area contributed by atoms with E-state index in [2.05, 4.69) is 0 Å². The highest BCUT2D eigenvalue weighted by Crippen LogP contribution is 2.35. The zero-order valence-corrected chi connectivity index (χ0v) is 14.4. The van der Waals surface area contributed by atoms with Crippen molar-refractivity contribution in [2.45, 2.75) is 13.3 Å². The van der Waals surface area contributed by atoms with Crippen LogP contribution in [0.5, 0.6) is 11.5 Å². The van der Waals surface area contributed by atoms with E-state index in [4.69, 9.17) is 18.3 Å². The Bertz CT molecular complexity index is 1090. The molecule has 0 N–H and O–H groups in total. The van der Waals surface area contributed by atoms with Crippen LogP contribution in [0.4, 0.5) is 0 Å². The molecule has 0 saturated heterocycles. The highest BCUT2D eigenvalue weighted by Gasteiger charge is 2.13. The Morgan fingerprint density at radius 1 is 0.885 bits per heavy atom. The summed E-state index contributed by atoms with van der Waals surface area (Å²) < 4.78 is 22.4. The first kappa shape index (κ1) is 16.3. The van der Waals surface area contributed by atoms with Gasteiger partial charge in [-0.1, -0.05) is 17.7 Å². The highest BCUT2D eigenvalue weighted by atomic mass is 16.5. The van der Waals surface area contributed by atoms with E-state index in [1.165, 1.54) is 11.6 Å². The average Bonchev–Trinajstić information content (AvgIpc) is 3.10. The lowest BCUT2D eigenvalue weighted by Gasteiger charge is -2.11. The van der Waals surface area contributed by atoms with E-state index in [1.807, 2.05) is 37.3 Å². The van der Waals surface area contributed by atoms with Crippen LogP contribution in [0, 0.1) is 6.92 Å². The van der Waals surface area contributed by atoms with Crippen molar-refractivity contribution in [2.75, 3.05) is 13.2 Å². The van der Waals surface area contributed by atoms with Crippen LogP contribution in [-0.2, 0) is 0 Å². The molecule has 26 heavy (non-hydrogen) atoms. The Balaban J connectivity index is 1.46. The fraction of sp³-hybridized carbons (Fsp3) is 0.190. The molecule has 5 nitrogen and oxygen atoms in total. The Kier molecular flexibility index (Phi) is 4.35. The molecule has 0 aliphatic carbocycles. The number of aryl methyl sites for hydroxylation is 1. The second-order valence-corrected chi connectivity index (χ2v) is 6.07. The van der Waals surface area contributed by atoms with Gasteiger partial charge in [-0.15, -0.1) is 0 Å². The van der Waals surface area contributed by atoms with Gasteiger partial charge in [0.05, 0.1) is 30.2 Å². The molecule has 0 unspecified atom stereocenters. The molecule has 0 fully saturated rings. The van der Waals surface area contributed by atoms with Crippen molar-refractivity contribution in [1.29, 1.82) is 0 Å². The molecular weight excluding hydrogens is 332 g/mol. The normalized spacial score (nSPS) is 11.1. The molecule has 5 heteroatoms. The minimum absolute atomic E-state index is 0.402. The van der Waals surface area contributed by atoms with Crippen molar-refractivity contribution < 1.29 is 18.3 Å². The van der Waals surface area contributed by atoms with E-state index < -0.39 is 5.63 Å². The number of furan rings is 1. The third-order valence-electron chi connectivity index (χ3n) is 4.13. The van der Waals surface area contributed by atoms with E-state index in [0.29, 0.717) is 30.1 Å². The van der Waals surface area contributed by atoms with E-state index in [0.717, 1.165) is 22.9 Å². The van der Waals surface area contributed by atoms with Gasteiger partial charge in [-0.05, 0) is 31.2 Å². The predicted molar refractivity (Wildman–Crippen MR) is 99.0 cm³/mol. The van der Waals surface area contributed by atoms with Crippen LogP contribution in [-0.4, -0.2) is 13.2 Å². The summed E-state index contributed by atoms with van der Waals surface area (Å²) >= 11 is 0. The van der Waals surface area contributed by atoms with Crippen LogP contribution in [0.2, 0.25) is 0 Å². The van der Waals surface area contributed by atoms with E-state index in [9.17, 15) is 4.79 Å². The molecule has 0 atom stereocenters. The van der Waals surface area contributed by atoms with Crippen LogP contribution in [0.1, 0.15) is 12.0 Å². The molecule has 0 aliphatic heterocycles. The van der Waals surface area contributed by atoms with Gasteiger partial charge in [-0.25, -0.2) is 4.79 Å². The lowest BCUT2D eigenvalue weighted by Crippen LogP contribution is -2.05. The van der Waals surface area contributed by atoms with E-state index >= 15 is 0 Å². The first-order valence-electron chi connectivity index (χ1n) is 8.47. The molecule has 4 rings (SSSR count). The molecule has 0 radical (unpaired) electrons. The van der Waals surface area contributed by atoms with Crippen LogP contribution >= 0.6 is 0 Å². The number of hydrogen-bond donors (Lipinski definition) is 0. The lowest BCUT2D eigenvalue weighted by molar-refractivity contribution is 0.250. The Morgan fingerprint density at radius 3 is 2.50 bits per heavy atom. The van der Waals surface area contributed by atoms with Gasteiger partial charge in [0.1, 0.15) is 22.7 Å². The number of fused-ring (bicyclic) bond motifs is 2. The number of rotatable bonds is 6. The first-order valence-corrected chi connectivity index (χ1v) is 8.47. The van der Waals surface area contributed by atoms with Gasteiger partial charge >= 0.3 is 5.63 Å². The van der Waals surface area contributed by atoms with Gasteiger partial charge in [0.2, 0.25) is 0 Å². The van der Waals surface area contributed by atoms with Gasteiger partial charge in [0.15, 0.2) is 0 Å². The number of benzene rings is 2. The molecular formula is C21H18O5. The maximum atomic E-state index is 11.5. The zero-order valence-electron chi connectivity index (χ0n) is 14.4. The zero-order chi connectivity index (χ0) is 17.9. The molecule has 0 bridgehead atoms. The lowest BCUT2D eigenvalue weighted by atomic mass is 10.1. The summed E-state index contributed by atoms with van der Waals surface area (Å²) in [5, 5.41) is 1.60. The third-order valence-corrected chi connectivity index (χ3v) is 4.13. The van der Waals surface area contributed by atoms with E-state index in [-0.39, 0.29) is 0 Å². The largest absolute Gasteiger partial charge is 0.493 e. The van der Waals surface area contributed by atoms with Crippen molar-refractivity contribution in [2.24, 2.45) is 0 Å². The smallest absolute Gasteiger partial charge is 0.336 e. The summed E-state index contributed by atoms with van der Waals surface area (Å²) in [6, 6.07) is 14.6. The summed E-state index contributed by atoms with van der Waals surface area (Å²) in [5.74, 6) is 1.50. The molecule has 2 heterocycles. The van der Waals surface area contributed by atoms with Crippen molar-refractivity contribution in [3.63, 3.8) is 0 Å². The summed E-state index contributed by atoms with van der Waals surface area (Å²) in [7, 11) is 0. The monoisotopic (exact) mass is 350 g/mol. The molecule has 2 aromatic heterocycles. The van der Waals surface area contributed by atoms with Crippen LogP contribution < -0.4 is 15.1 Å². The van der Waals surface area contributed by atoms with E-state index in [1.54, 1.807) is 18.4 Å². The molecule has 0 amide bonds. The molecule has 0 aliphatic rings. The third kappa shape index (κ3) is 3.28. The Hall–Kier alpha value is -3.21. The quantitative estimate of drug-likeness (QED) is 0.373. The van der Waals surface area contributed by atoms with Gasteiger partial charge in [-0.3, -0.25) is 0 Å². The minimum atomic E-state index is -0.402.